The van der Waals surface area contributed by atoms with Gasteiger partial charge in [-0.3, -0.25) is 14.4 Å². The van der Waals surface area contributed by atoms with Crippen LogP contribution in [-0.2, 0) is 11.3 Å². The molecule has 2 rings (SSSR count). The first-order chi connectivity index (χ1) is 10.4. The summed E-state index contributed by atoms with van der Waals surface area (Å²) in [6.45, 7) is 10.6. The first kappa shape index (κ1) is 17.0. The fourth-order valence-electron chi connectivity index (χ4n) is 3.06. The standard InChI is InChI=1S/C17H30N4O/c1-13(2)19(5)12-17(22)20-9-7-6-8-16(20)11-21-15(4)10-14(3)18-21/h10,13,16H,6-9,11-12H2,1-5H3/t16-/m0/s1. The Morgan fingerprint density at radius 2 is 2.14 bits per heavy atom. The number of aromatic nitrogens is 2. The van der Waals surface area contributed by atoms with Gasteiger partial charge in [-0.05, 0) is 60.1 Å². The Bertz CT molecular complexity index is 509. The molecule has 1 fully saturated rings. The zero-order chi connectivity index (χ0) is 16.3. The van der Waals surface area contributed by atoms with E-state index in [2.05, 4.69) is 46.4 Å². The van der Waals surface area contributed by atoms with Gasteiger partial charge in [-0.1, -0.05) is 0 Å². The minimum Gasteiger partial charge on any atom is -0.337 e. The van der Waals surface area contributed by atoms with Crippen molar-refractivity contribution in [2.24, 2.45) is 0 Å². The van der Waals surface area contributed by atoms with Crippen LogP contribution in [0.4, 0.5) is 0 Å². The molecule has 0 spiro atoms. The van der Waals surface area contributed by atoms with Gasteiger partial charge in [-0.15, -0.1) is 0 Å². The SMILES string of the molecule is Cc1cc(C)n(C[C@@H]2CCCCN2C(=O)CN(C)C(C)C)n1. The van der Waals surface area contributed by atoms with Gasteiger partial charge in [0.25, 0.3) is 0 Å². The summed E-state index contributed by atoms with van der Waals surface area (Å²) >= 11 is 0. The molecule has 0 bridgehead atoms. The number of piperidine rings is 1. The molecule has 1 aliphatic rings. The lowest BCUT2D eigenvalue weighted by atomic mass is 10.0. The van der Waals surface area contributed by atoms with Crippen molar-refractivity contribution < 1.29 is 4.79 Å². The Hall–Kier alpha value is -1.36. The van der Waals surface area contributed by atoms with Crippen molar-refractivity contribution in [3.8, 4) is 0 Å². The van der Waals surface area contributed by atoms with Crippen molar-refractivity contribution >= 4 is 5.91 Å². The van der Waals surface area contributed by atoms with Crippen molar-refractivity contribution in [1.82, 2.24) is 19.6 Å². The second-order valence-corrected chi connectivity index (χ2v) is 6.85. The van der Waals surface area contributed by atoms with E-state index >= 15 is 0 Å². The van der Waals surface area contributed by atoms with E-state index in [9.17, 15) is 4.79 Å². The molecular weight excluding hydrogens is 276 g/mol. The fourth-order valence-corrected chi connectivity index (χ4v) is 3.06. The van der Waals surface area contributed by atoms with Crippen LogP contribution in [0.3, 0.4) is 0 Å². The maximum atomic E-state index is 12.7. The van der Waals surface area contributed by atoms with Crippen molar-refractivity contribution in [2.45, 2.75) is 65.6 Å². The number of hydrogen-bond donors (Lipinski definition) is 0. The Balaban J connectivity index is 2.04. The third kappa shape index (κ3) is 4.09. The third-order valence-corrected chi connectivity index (χ3v) is 4.70. The number of nitrogens with zero attached hydrogens (tertiary/aromatic N) is 4. The maximum absolute atomic E-state index is 12.7. The summed E-state index contributed by atoms with van der Waals surface area (Å²) in [6.07, 6.45) is 3.40. The molecule has 1 aromatic heterocycles. The minimum absolute atomic E-state index is 0.252. The Morgan fingerprint density at radius 3 is 2.73 bits per heavy atom. The topological polar surface area (TPSA) is 41.4 Å². The van der Waals surface area contributed by atoms with E-state index in [4.69, 9.17) is 0 Å². The summed E-state index contributed by atoms with van der Waals surface area (Å²) in [7, 11) is 2.02. The van der Waals surface area contributed by atoms with E-state index in [1.807, 2.05) is 14.0 Å². The van der Waals surface area contributed by atoms with Crippen molar-refractivity contribution in [2.75, 3.05) is 20.1 Å². The number of likely N-dealkylation sites (N-methyl/N-ethyl adjacent to an activating group) is 1. The quantitative estimate of drug-likeness (QED) is 0.837. The third-order valence-electron chi connectivity index (χ3n) is 4.70. The van der Waals surface area contributed by atoms with Crippen LogP contribution in [0.5, 0.6) is 0 Å². The summed E-state index contributed by atoms with van der Waals surface area (Å²) in [5.41, 5.74) is 2.22. The van der Waals surface area contributed by atoms with Gasteiger partial charge in [0.05, 0.1) is 24.8 Å². The van der Waals surface area contributed by atoms with Crippen molar-refractivity contribution in [1.29, 1.82) is 0 Å². The van der Waals surface area contributed by atoms with Gasteiger partial charge in [0.15, 0.2) is 0 Å². The van der Waals surface area contributed by atoms with E-state index in [-0.39, 0.29) is 11.9 Å². The number of carbonyl (C=O) groups excluding carboxylic acids is 1. The molecule has 22 heavy (non-hydrogen) atoms. The van der Waals surface area contributed by atoms with Crippen LogP contribution in [0.15, 0.2) is 6.07 Å². The molecule has 0 radical (unpaired) electrons. The average Bonchev–Trinajstić information content (AvgIpc) is 2.77. The van der Waals surface area contributed by atoms with E-state index in [0.29, 0.717) is 12.6 Å². The summed E-state index contributed by atoms with van der Waals surface area (Å²) in [6, 6.07) is 2.77. The predicted octanol–water partition coefficient (Wildman–Crippen LogP) is 2.22. The molecule has 1 aromatic rings. The summed E-state index contributed by atoms with van der Waals surface area (Å²) in [5.74, 6) is 0.252. The van der Waals surface area contributed by atoms with Crippen LogP contribution >= 0.6 is 0 Å². The highest BCUT2D eigenvalue weighted by Gasteiger charge is 2.28. The lowest BCUT2D eigenvalue weighted by Gasteiger charge is -2.37. The van der Waals surface area contributed by atoms with Gasteiger partial charge in [0, 0.05) is 18.3 Å². The molecule has 5 heteroatoms. The second kappa shape index (κ2) is 7.27. The summed E-state index contributed by atoms with van der Waals surface area (Å²) in [4.78, 5) is 16.8. The molecule has 1 atom stereocenters. The maximum Gasteiger partial charge on any atom is 0.237 e. The number of likely N-dealkylation sites (tertiary alicyclic amines) is 1. The largest absolute Gasteiger partial charge is 0.337 e. The zero-order valence-electron chi connectivity index (χ0n) is 14.7. The highest BCUT2D eigenvalue weighted by molar-refractivity contribution is 5.78. The van der Waals surface area contributed by atoms with Gasteiger partial charge in [-0.25, -0.2) is 0 Å². The minimum atomic E-state index is 0.252. The van der Waals surface area contributed by atoms with Gasteiger partial charge < -0.3 is 4.90 Å². The first-order valence-corrected chi connectivity index (χ1v) is 8.39. The van der Waals surface area contributed by atoms with E-state index in [1.165, 1.54) is 12.1 Å². The monoisotopic (exact) mass is 306 g/mol. The molecule has 5 nitrogen and oxygen atoms in total. The summed E-state index contributed by atoms with van der Waals surface area (Å²) in [5, 5.41) is 4.56. The number of rotatable bonds is 5. The fraction of sp³-hybridized carbons (Fsp3) is 0.765. The van der Waals surface area contributed by atoms with Crippen LogP contribution in [-0.4, -0.2) is 57.7 Å². The Morgan fingerprint density at radius 1 is 1.41 bits per heavy atom. The molecule has 1 aliphatic heterocycles. The van der Waals surface area contributed by atoms with Gasteiger partial charge >= 0.3 is 0 Å². The van der Waals surface area contributed by atoms with Crippen LogP contribution in [0.1, 0.15) is 44.5 Å². The molecular formula is C17H30N4O. The lowest BCUT2D eigenvalue weighted by Crippen LogP contribution is -2.50. The van der Waals surface area contributed by atoms with Gasteiger partial charge in [0.2, 0.25) is 5.91 Å². The molecule has 0 aromatic carbocycles. The van der Waals surface area contributed by atoms with E-state index in [1.54, 1.807) is 0 Å². The Kier molecular flexibility index (Phi) is 5.62. The molecule has 0 aliphatic carbocycles. The molecule has 0 saturated carbocycles. The predicted molar refractivity (Wildman–Crippen MR) is 88.8 cm³/mol. The van der Waals surface area contributed by atoms with Gasteiger partial charge in [0.1, 0.15) is 0 Å². The average molecular weight is 306 g/mol. The molecule has 1 amide bonds. The molecule has 124 valence electrons. The van der Waals surface area contributed by atoms with Crippen LogP contribution in [0.25, 0.3) is 0 Å². The van der Waals surface area contributed by atoms with Crippen molar-refractivity contribution in [3.05, 3.63) is 17.5 Å². The van der Waals surface area contributed by atoms with Crippen LogP contribution in [0.2, 0.25) is 0 Å². The lowest BCUT2D eigenvalue weighted by molar-refractivity contribution is -0.136. The molecule has 1 saturated heterocycles. The Labute approximate surface area is 134 Å². The smallest absolute Gasteiger partial charge is 0.237 e. The zero-order valence-corrected chi connectivity index (χ0v) is 14.7. The second-order valence-electron chi connectivity index (χ2n) is 6.85. The van der Waals surface area contributed by atoms with Gasteiger partial charge in [-0.2, -0.15) is 5.10 Å². The van der Waals surface area contributed by atoms with Crippen LogP contribution in [0, 0.1) is 13.8 Å². The summed E-state index contributed by atoms with van der Waals surface area (Å²) < 4.78 is 2.05. The number of hydrogen-bond acceptors (Lipinski definition) is 3. The number of amides is 1. The first-order valence-electron chi connectivity index (χ1n) is 8.39. The van der Waals surface area contributed by atoms with E-state index < -0.39 is 0 Å². The highest BCUT2D eigenvalue weighted by atomic mass is 16.2. The molecule has 0 unspecified atom stereocenters. The normalized spacial score (nSPS) is 19.2. The van der Waals surface area contributed by atoms with Crippen molar-refractivity contribution in [3.63, 3.8) is 0 Å². The molecule has 2 heterocycles. The van der Waals surface area contributed by atoms with Crippen LogP contribution < -0.4 is 0 Å². The number of carbonyl (C=O) groups is 1. The number of aryl methyl sites for hydroxylation is 2. The highest BCUT2D eigenvalue weighted by Crippen LogP contribution is 2.20. The van der Waals surface area contributed by atoms with E-state index in [0.717, 1.165) is 31.6 Å². The molecule has 0 N–H and O–H groups in total.